The van der Waals surface area contributed by atoms with Crippen LogP contribution >= 0.6 is 0 Å². The summed E-state index contributed by atoms with van der Waals surface area (Å²) < 4.78 is 1.56. The number of aromatic carboxylic acids is 1. The van der Waals surface area contributed by atoms with E-state index in [4.69, 9.17) is 0 Å². The van der Waals surface area contributed by atoms with Crippen molar-refractivity contribution < 1.29 is 9.90 Å². The van der Waals surface area contributed by atoms with Gasteiger partial charge in [-0.25, -0.2) is 14.8 Å². The zero-order chi connectivity index (χ0) is 14.3. The molecule has 0 amide bonds. The van der Waals surface area contributed by atoms with Crippen molar-refractivity contribution in [3.05, 3.63) is 47.8 Å². The second kappa shape index (κ2) is 4.41. The third-order valence-electron chi connectivity index (χ3n) is 3.13. The predicted molar refractivity (Wildman–Crippen MR) is 72.7 cm³/mol. The Morgan fingerprint density at radius 2 is 1.90 bits per heavy atom. The Bertz CT molecular complexity index is 809. The topological polar surface area (TPSA) is 80.4 Å². The number of carboxylic acid groups (broad SMARTS) is 1. The quantitative estimate of drug-likeness (QED) is 0.769. The number of carbonyl (C=O) groups is 1. The van der Waals surface area contributed by atoms with Crippen molar-refractivity contribution in [3.8, 4) is 11.3 Å². The van der Waals surface area contributed by atoms with Crippen LogP contribution in [-0.2, 0) is 0 Å². The summed E-state index contributed by atoms with van der Waals surface area (Å²) in [4.78, 5) is 24.0. The maximum Gasteiger partial charge on any atom is 0.354 e. The number of aryl methyl sites for hydroxylation is 2. The van der Waals surface area contributed by atoms with Crippen LogP contribution < -0.4 is 0 Å². The fourth-order valence-electron chi connectivity index (χ4n) is 2.28. The summed E-state index contributed by atoms with van der Waals surface area (Å²) in [6.07, 6.45) is 3.38. The Morgan fingerprint density at radius 1 is 1.20 bits per heavy atom. The molecule has 6 heteroatoms. The van der Waals surface area contributed by atoms with Crippen molar-refractivity contribution >= 4 is 11.6 Å². The number of pyridine rings is 1. The van der Waals surface area contributed by atoms with Crippen LogP contribution in [0.2, 0.25) is 0 Å². The van der Waals surface area contributed by atoms with Crippen LogP contribution in [0.4, 0.5) is 0 Å². The minimum absolute atomic E-state index is 0.159. The van der Waals surface area contributed by atoms with Crippen LogP contribution in [0.15, 0.2) is 30.6 Å². The third-order valence-corrected chi connectivity index (χ3v) is 3.13. The van der Waals surface area contributed by atoms with Crippen molar-refractivity contribution in [2.75, 3.05) is 0 Å². The van der Waals surface area contributed by atoms with Crippen molar-refractivity contribution in [1.82, 2.24) is 19.4 Å². The molecule has 20 heavy (non-hydrogen) atoms. The summed E-state index contributed by atoms with van der Waals surface area (Å²) in [5.74, 6) is -0.413. The van der Waals surface area contributed by atoms with Crippen molar-refractivity contribution in [2.24, 2.45) is 0 Å². The smallest absolute Gasteiger partial charge is 0.354 e. The molecule has 0 bridgehead atoms. The molecule has 1 N–H and O–H groups in total. The molecule has 3 aromatic rings. The van der Waals surface area contributed by atoms with Gasteiger partial charge in [0.2, 0.25) is 0 Å². The molecule has 0 atom stereocenters. The highest BCUT2D eigenvalue weighted by Gasteiger charge is 2.18. The number of nitrogens with zero attached hydrogens (tertiary/aromatic N) is 4. The van der Waals surface area contributed by atoms with E-state index in [2.05, 4.69) is 15.0 Å². The first kappa shape index (κ1) is 12.3. The van der Waals surface area contributed by atoms with E-state index in [0.717, 1.165) is 11.3 Å². The lowest BCUT2D eigenvalue weighted by Gasteiger charge is -2.06. The highest BCUT2D eigenvalue weighted by atomic mass is 16.4. The van der Waals surface area contributed by atoms with Crippen molar-refractivity contribution in [2.45, 2.75) is 13.8 Å². The number of fused-ring (bicyclic) bond motifs is 1. The van der Waals surface area contributed by atoms with Gasteiger partial charge in [0.15, 0.2) is 5.69 Å². The first-order valence-electron chi connectivity index (χ1n) is 6.08. The van der Waals surface area contributed by atoms with Gasteiger partial charge in [-0.1, -0.05) is 0 Å². The first-order chi connectivity index (χ1) is 9.58. The van der Waals surface area contributed by atoms with Gasteiger partial charge in [-0.3, -0.25) is 9.38 Å². The van der Waals surface area contributed by atoms with Gasteiger partial charge in [0, 0.05) is 24.0 Å². The van der Waals surface area contributed by atoms with Gasteiger partial charge in [-0.15, -0.1) is 0 Å². The maximum absolute atomic E-state index is 11.3. The summed E-state index contributed by atoms with van der Waals surface area (Å²) in [6.45, 7) is 3.45. The zero-order valence-electron chi connectivity index (χ0n) is 11.0. The molecular formula is C14H12N4O2. The van der Waals surface area contributed by atoms with Crippen LogP contribution in [0.25, 0.3) is 16.9 Å². The highest BCUT2D eigenvalue weighted by molar-refractivity contribution is 5.88. The van der Waals surface area contributed by atoms with E-state index < -0.39 is 5.97 Å². The molecule has 0 aromatic carbocycles. The largest absolute Gasteiger partial charge is 0.477 e. The Morgan fingerprint density at radius 3 is 2.55 bits per heavy atom. The van der Waals surface area contributed by atoms with Crippen LogP contribution in [0.5, 0.6) is 0 Å². The normalized spacial score (nSPS) is 10.9. The molecule has 0 aliphatic carbocycles. The van der Waals surface area contributed by atoms with Gasteiger partial charge in [-0.05, 0) is 26.0 Å². The van der Waals surface area contributed by atoms with E-state index in [9.17, 15) is 9.90 Å². The Kier molecular flexibility index (Phi) is 2.71. The second-order valence-electron chi connectivity index (χ2n) is 4.47. The molecule has 0 fully saturated rings. The van der Waals surface area contributed by atoms with Gasteiger partial charge < -0.3 is 5.11 Å². The predicted octanol–water partition coefficient (Wildman–Crippen LogP) is 2.11. The number of aromatic nitrogens is 4. The average molecular weight is 268 g/mol. The molecule has 0 saturated heterocycles. The van der Waals surface area contributed by atoms with Gasteiger partial charge in [0.05, 0.1) is 11.4 Å². The molecule has 0 aliphatic rings. The zero-order valence-corrected chi connectivity index (χ0v) is 11.0. The van der Waals surface area contributed by atoms with E-state index in [1.54, 1.807) is 36.7 Å². The molecule has 0 radical (unpaired) electrons. The molecular weight excluding hydrogens is 256 g/mol. The molecule has 0 spiro atoms. The number of carboxylic acids is 1. The molecule has 0 saturated carbocycles. The van der Waals surface area contributed by atoms with Gasteiger partial charge in [0.1, 0.15) is 11.5 Å². The lowest BCUT2D eigenvalue weighted by molar-refractivity contribution is 0.0688. The fraction of sp³-hybridized carbons (Fsp3) is 0.143. The summed E-state index contributed by atoms with van der Waals surface area (Å²) >= 11 is 0. The Labute approximate surface area is 114 Å². The number of hydrogen-bond donors (Lipinski definition) is 1. The molecule has 3 heterocycles. The molecule has 3 aromatic heterocycles. The molecule has 0 unspecified atom stereocenters. The fourth-order valence-corrected chi connectivity index (χ4v) is 2.28. The Balaban J connectivity index is 2.29. The lowest BCUT2D eigenvalue weighted by atomic mass is 10.2. The average Bonchev–Trinajstić information content (AvgIpc) is 2.76. The number of imidazole rings is 1. The van der Waals surface area contributed by atoms with E-state index in [0.29, 0.717) is 17.2 Å². The number of rotatable bonds is 2. The van der Waals surface area contributed by atoms with Crippen molar-refractivity contribution in [1.29, 1.82) is 0 Å². The SMILES string of the molecule is Cc1nc2cc(-c3ccncc3)nc(C)n2c1C(=O)O. The second-order valence-corrected chi connectivity index (χ2v) is 4.47. The summed E-state index contributed by atoms with van der Waals surface area (Å²) in [6, 6.07) is 5.49. The van der Waals surface area contributed by atoms with Gasteiger partial charge in [-0.2, -0.15) is 0 Å². The van der Waals surface area contributed by atoms with Crippen LogP contribution in [0.1, 0.15) is 22.0 Å². The Hall–Kier alpha value is -2.76. The van der Waals surface area contributed by atoms with Gasteiger partial charge in [0.25, 0.3) is 0 Å². The summed E-state index contributed by atoms with van der Waals surface area (Å²) in [5.41, 5.74) is 2.89. The van der Waals surface area contributed by atoms with E-state index in [1.807, 2.05) is 12.1 Å². The molecule has 100 valence electrons. The molecule has 6 nitrogen and oxygen atoms in total. The van der Waals surface area contributed by atoms with E-state index >= 15 is 0 Å². The molecule has 0 aliphatic heterocycles. The third kappa shape index (κ3) is 1.82. The van der Waals surface area contributed by atoms with Gasteiger partial charge >= 0.3 is 5.97 Å². The summed E-state index contributed by atoms with van der Waals surface area (Å²) in [7, 11) is 0. The van der Waals surface area contributed by atoms with Crippen molar-refractivity contribution in [3.63, 3.8) is 0 Å². The van der Waals surface area contributed by atoms with E-state index in [1.165, 1.54) is 0 Å². The molecule has 3 rings (SSSR count). The number of hydrogen-bond acceptors (Lipinski definition) is 4. The minimum atomic E-state index is -1.00. The monoisotopic (exact) mass is 268 g/mol. The van der Waals surface area contributed by atoms with E-state index in [-0.39, 0.29) is 5.69 Å². The standard InChI is InChI=1S/C14H12N4O2/c1-8-13(14(19)20)18-9(2)17-11(7-12(18)16-8)10-3-5-15-6-4-10/h3-7H,1-2H3,(H,19,20). The van der Waals surface area contributed by atoms with Crippen LogP contribution in [-0.4, -0.2) is 30.4 Å². The minimum Gasteiger partial charge on any atom is -0.477 e. The van der Waals surface area contributed by atoms with Crippen LogP contribution in [0.3, 0.4) is 0 Å². The highest BCUT2D eigenvalue weighted by Crippen LogP contribution is 2.21. The first-order valence-corrected chi connectivity index (χ1v) is 6.08. The van der Waals surface area contributed by atoms with Crippen LogP contribution in [0, 0.1) is 13.8 Å². The summed E-state index contributed by atoms with van der Waals surface area (Å²) in [5, 5.41) is 9.27. The lowest BCUT2D eigenvalue weighted by Crippen LogP contribution is -2.07. The maximum atomic E-state index is 11.3.